The number of hydrogen-bond donors (Lipinski definition) is 2. The summed E-state index contributed by atoms with van der Waals surface area (Å²) in [5.41, 5.74) is 0.465. The molecule has 86 valence electrons. The summed E-state index contributed by atoms with van der Waals surface area (Å²) in [6.07, 6.45) is 0. The van der Waals surface area contributed by atoms with Gasteiger partial charge in [-0.15, -0.1) is 0 Å². The number of rotatable bonds is 2. The van der Waals surface area contributed by atoms with Crippen LogP contribution >= 0.6 is 15.9 Å². The first-order chi connectivity index (χ1) is 7.59. The number of hydrogen-bond acceptors (Lipinski definition) is 2. The molecular formula is C11H11BrFNO2. The van der Waals surface area contributed by atoms with E-state index in [1.165, 1.54) is 6.07 Å². The van der Waals surface area contributed by atoms with Crippen molar-refractivity contribution in [2.75, 3.05) is 13.1 Å². The molecule has 0 bridgehead atoms. The lowest BCUT2D eigenvalue weighted by molar-refractivity contribution is -0.141. The Labute approximate surface area is 101 Å². The zero-order valence-electron chi connectivity index (χ0n) is 8.41. The fraction of sp³-hybridized carbons (Fsp3) is 0.364. The third-order valence-corrected chi connectivity index (χ3v) is 3.38. The fourth-order valence-corrected chi connectivity index (χ4v) is 2.44. The van der Waals surface area contributed by atoms with Crippen LogP contribution < -0.4 is 5.32 Å². The summed E-state index contributed by atoms with van der Waals surface area (Å²) in [4.78, 5) is 11.0. The largest absolute Gasteiger partial charge is 0.481 e. The van der Waals surface area contributed by atoms with Gasteiger partial charge in [-0.25, -0.2) is 4.39 Å². The minimum absolute atomic E-state index is 0.296. The number of aliphatic carboxylic acids is 1. The summed E-state index contributed by atoms with van der Waals surface area (Å²) in [6.45, 7) is 0.899. The molecule has 1 aliphatic rings. The maximum atomic E-state index is 13.6. The molecule has 1 aromatic carbocycles. The molecule has 1 aromatic rings. The van der Waals surface area contributed by atoms with Gasteiger partial charge in [-0.2, -0.15) is 0 Å². The Kier molecular flexibility index (Phi) is 3.25. The van der Waals surface area contributed by atoms with Crippen LogP contribution in [0.5, 0.6) is 0 Å². The molecule has 16 heavy (non-hydrogen) atoms. The molecule has 1 saturated heterocycles. The molecule has 2 N–H and O–H groups in total. The van der Waals surface area contributed by atoms with E-state index in [-0.39, 0.29) is 11.7 Å². The minimum atomic E-state index is -0.880. The van der Waals surface area contributed by atoms with Crippen LogP contribution in [-0.2, 0) is 4.79 Å². The van der Waals surface area contributed by atoms with Gasteiger partial charge in [-0.1, -0.05) is 15.9 Å². The second-order valence-electron chi connectivity index (χ2n) is 3.88. The normalized spacial score (nSPS) is 24.6. The lowest BCUT2D eigenvalue weighted by Gasteiger charge is -2.16. The second kappa shape index (κ2) is 4.51. The highest BCUT2D eigenvalue weighted by atomic mass is 79.9. The van der Waals surface area contributed by atoms with Crippen molar-refractivity contribution in [1.82, 2.24) is 5.32 Å². The van der Waals surface area contributed by atoms with E-state index in [2.05, 4.69) is 21.2 Å². The summed E-state index contributed by atoms with van der Waals surface area (Å²) < 4.78 is 14.4. The summed E-state index contributed by atoms with van der Waals surface area (Å²) in [6, 6.07) is 4.62. The lowest BCUT2D eigenvalue weighted by Crippen LogP contribution is -2.21. The van der Waals surface area contributed by atoms with E-state index in [0.29, 0.717) is 18.7 Å². The van der Waals surface area contributed by atoms with Crippen molar-refractivity contribution in [2.24, 2.45) is 5.92 Å². The molecule has 1 heterocycles. The van der Waals surface area contributed by atoms with Crippen LogP contribution in [0.15, 0.2) is 22.7 Å². The molecule has 5 heteroatoms. The van der Waals surface area contributed by atoms with Gasteiger partial charge < -0.3 is 10.4 Å². The average molecular weight is 288 g/mol. The van der Waals surface area contributed by atoms with E-state index in [4.69, 9.17) is 5.11 Å². The molecule has 3 nitrogen and oxygen atoms in total. The minimum Gasteiger partial charge on any atom is -0.481 e. The molecule has 2 unspecified atom stereocenters. The van der Waals surface area contributed by atoms with E-state index in [0.717, 1.165) is 4.47 Å². The molecule has 2 atom stereocenters. The highest BCUT2D eigenvalue weighted by molar-refractivity contribution is 9.10. The number of benzene rings is 1. The second-order valence-corrected chi connectivity index (χ2v) is 4.79. The average Bonchev–Trinajstić information content (AvgIpc) is 2.70. The van der Waals surface area contributed by atoms with Gasteiger partial charge in [-0.05, 0) is 23.8 Å². The highest BCUT2D eigenvalue weighted by Gasteiger charge is 2.35. The van der Waals surface area contributed by atoms with Crippen LogP contribution in [0, 0.1) is 11.7 Å². The third-order valence-electron chi connectivity index (χ3n) is 2.89. The summed E-state index contributed by atoms with van der Waals surface area (Å²) in [7, 11) is 0. The maximum Gasteiger partial charge on any atom is 0.308 e. The van der Waals surface area contributed by atoms with E-state index in [1.54, 1.807) is 12.1 Å². The van der Waals surface area contributed by atoms with Gasteiger partial charge in [0.25, 0.3) is 0 Å². The maximum absolute atomic E-state index is 13.6. The summed E-state index contributed by atoms with van der Waals surface area (Å²) >= 11 is 3.27. The van der Waals surface area contributed by atoms with Crippen molar-refractivity contribution >= 4 is 21.9 Å². The van der Waals surface area contributed by atoms with Gasteiger partial charge in [0.2, 0.25) is 0 Å². The van der Waals surface area contributed by atoms with Gasteiger partial charge in [0, 0.05) is 23.5 Å². The zero-order valence-corrected chi connectivity index (χ0v) is 10.00. The van der Waals surface area contributed by atoms with Crippen molar-refractivity contribution in [3.05, 3.63) is 34.1 Å². The van der Waals surface area contributed by atoms with E-state index in [9.17, 15) is 9.18 Å². The van der Waals surface area contributed by atoms with Gasteiger partial charge in [0.05, 0.1) is 5.92 Å². The van der Waals surface area contributed by atoms with E-state index >= 15 is 0 Å². The highest BCUT2D eigenvalue weighted by Crippen LogP contribution is 2.31. The first kappa shape index (κ1) is 11.5. The quantitative estimate of drug-likeness (QED) is 0.875. The van der Waals surface area contributed by atoms with Gasteiger partial charge >= 0.3 is 5.97 Å². The Hall–Kier alpha value is -0.940. The molecule has 0 saturated carbocycles. The number of carboxylic acid groups (broad SMARTS) is 1. The van der Waals surface area contributed by atoms with Crippen molar-refractivity contribution < 1.29 is 14.3 Å². The fourth-order valence-electron chi connectivity index (χ4n) is 2.06. The van der Waals surface area contributed by atoms with E-state index < -0.39 is 11.9 Å². The summed E-state index contributed by atoms with van der Waals surface area (Å²) in [5.74, 6) is -2.07. The summed E-state index contributed by atoms with van der Waals surface area (Å²) in [5, 5.41) is 12.0. The number of carbonyl (C=O) groups is 1. The van der Waals surface area contributed by atoms with Crippen molar-refractivity contribution in [1.29, 1.82) is 0 Å². The van der Waals surface area contributed by atoms with Crippen LogP contribution in [0.1, 0.15) is 11.5 Å². The lowest BCUT2D eigenvalue weighted by atomic mass is 9.89. The Bertz CT molecular complexity index is 424. The number of halogens is 2. The Morgan fingerprint density at radius 1 is 1.50 bits per heavy atom. The number of carboxylic acids is 1. The Morgan fingerprint density at radius 2 is 2.25 bits per heavy atom. The molecule has 1 aliphatic heterocycles. The predicted octanol–water partition coefficient (Wildman–Crippen LogP) is 1.98. The molecule has 2 rings (SSSR count). The topological polar surface area (TPSA) is 49.3 Å². The first-order valence-electron chi connectivity index (χ1n) is 4.98. The molecule has 0 aromatic heterocycles. The first-order valence-corrected chi connectivity index (χ1v) is 5.77. The SMILES string of the molecule is O=C(O)C1CNCC1c1cc(Br)ccc1F. The van der Waals surface area contributed by atoms with Gasteiger partial charge in [0.15, 0.2) is 0 Å². The van der Waals surface area contributed by atoms with Crippen LogP contribution in [0.4, 0.5) is 4.39 Å². The molecule has 0 radical (unpaired) electrons. The molecule has 0 amide bonds. The van der Waals surface area contributed by atoms with Crippen molar-refractivity contribution in [3.63, 3.8) is 0 Å². The predicted molar refractivity (Wildman–Crippen MR) is 60.8 cm³/mol. The Morgan fingerprint density at radius 3 is 2.94 bits per heavy atom. The molecule has 0 spiro atoms. The van der Waals surface area contributed by atoms with Gasteiger partial charge in [-0.3, -0.25) is 4.79 Å². The van der Waals surface area contributed by atoms with Crippen LogP contribution in [0.2, 0.25) is 0 Å². The number of nitrogens with one attached hydrogen (secondary N) is 1. The third kappa shape index (κ3) is 2.10. The van der Waals surface area contributed by atoms with Crippen LogP contribution in [0.3, 0.4) is 0 Å². The standard InChI is InChI=1S/C11H11BrFNO2/c12-6-1-2-10(13)7(3-6)8-4-14-5-9(8)11(15)16/h1-3,8-9,14H,4-5H2,(H,15,16). The zero-order chi connectivity index (χ0) is 11.7. The smallest absolute Gasteiger partial charge is 0.308 e. The molecular weight excluding hydrogens is 277 g/mol. The van der Waals surface area contributed by atoms with Crippen molar-refractivity contribution in [2.45, 2.75) is 5.92 Å². The van der Waals surface area contributed by atoms with E-state index in [1.807, 2.05) is 0 Å². The Balaban J connectivity index is 2.35. The van der Waals surface area contributed by atoms with Crippen LogP contribution in [0.25, 0.3) is 0 Å². The molecule has 0 aliphatic carbocycles. The monoisotopic (exact) mass is 287 g/mol. The van der Waals surface area contributed by atoms with Crippen molar-refractivity contribution in [3.8, 4) is 0 Å². The van der Waals surface area contributed by atoms with Crippen LogP contribution in [-0.4, -0.2) is 24.2 Å². The molecule has 1 fully saturated rings. The van der Waals surface area contributed by atoms with Gasteiger partial charge in [0.1, 0.15) is 5.82 Å².